The van der Waals surface area contributed by atoms with Gasteiger partial charge in [0, 0.05) is 0 Å². The molecule has 0 aromatic rings. The third kappa shape index (κ3) is 8.21. The van der Waals surface area contributed by atoms with Gasteiger partial charge in [-0.15, -0.1) is 0 Å². The van der Waals surface area contributed by atoms with E-state index in [4.69, 9.17) is 0 Å². The van der Waals surface area contributed by atoms with Crippen molar-refractivity contribution in [1.82, 2.24) is 0 Å². The van der Waals surface area contributed by atoms with Crippen molar-refractivity contribution >= 4 is 0 Å². The molecule has 0 saturated carbocycles. The van der Waals surface area contributed by atoms with Crippen molar-refractivity contribution in [1.29, 1.82) is 0 Å². The molecule has 0 aliphatic carbocycles. The minimum Gasteiger partial charge on any atom is -0.242 e. The topological polar surface area (TPSA) is 0 Å². The molecule has 0 bridgehead atoms. The first-order valence-electron chi connectivity index (χ1n) is 3.65. The number of rotatable bonds is 3. The maximum atomic E-state index is 3.81. The van der Waals surface area contributed by atoms with Gasteiger partial charge in [-0.1, -0.05) is 39.5 Å². The summed E-state index contributed by atoms with van der Waals surface area (Å²) in [5, 5.41) is 0. The Morgan fingerprint density at radius 2 is 2.10 bits per heavy atom. The molecular formula is C9H17Li. The molecule has 0 aromatic carbocycles. The van der Waals surface area contributed by atoms with Crippen LogP contribution in [-0.4, -0.2) is 0 Å². The van der Waals surface area contributed by atoms with Gasteiger partial charge >= 0.3 is 18.9 Å². The van der Waals surface area contributed by atoms with Crippen molar-refractivity contribution < 1.29 is 18.9 Å². The van der Waals surface area contributed by atoms with Crippen LogP contribution in [0.25, 0.3) is 0 Å². The largest absolute Gasteiger partial charge is 1.00 e. The van der Waals surface area contributed by atoms with Crippen LogP contribution in [0, 0.1) is 12.8 Å². The minimum atomic E-state index is 0. The van der Waals surface area contributed by atoms with Gasteiger partial charge in [0.1, 0.15) is 0 Å². The van der Waals surface area contributed by atoms with Crippen molar-refractivity contribution in [3.63, 3.8) is 0 Å². The summed E-state index contributed by atoms with van der Waals surface area (Å²) in [5.74, 6) is 0.821. The minimum absolute atomic E-state index is 0. The van der Waals surface area contributed by atoms with E-state index in [2.05, 4.69) is 26.8 Å². The van der Waals surface area contributed by atoms with E-state index in [-0.39, 0.29) is 18.9 Å². The molecule has 0 aliphatic heterocycles. The zero-order valence-corrected chi connectivity index (χ0v) is 7.78. The Morgan fingerprint density at radius 3 is 2.40 bits per heavy atom. The first-order valence-corrected chi connectivity index (χ1v) is 3.65. The van der Waals surface area contributed by atoms with Gasteiger partial charge in [0.2, 0.25) is 0 Å². The van der Waals surface area contributed by atoms with Gasteiger partial charge in [0.05, 0.1) is 0 Å². The zero-order valence-electron chi connectivity index (χ0n) is 7.78. The molecule has 1 unspecified atom stereocenters. The van der Waals surface area contributed by atoms with Crippen molar-refractivity contribution in [2.75, 3.05) is 0 Å². The SMILES string of the molecule is [CH2-]C(C)=CCC(C)CC.[Li+]. The van der Waals surface area contributed by atoms with Crippen LogP contribution in [0.2, 0.25) is 0 Å². The van der Waals surface area contributed by atoms with Crippen molar-refractivity contribution in [2.24, 2.45) is 5.92 Å². The fraction of sp³-hybridized carbons (Fsp3) is 0.667. The second kappa shape index (κ2) is 7.32. The molecule has 0 aromatic heterocycles. The van der Waals surface area contributed by atoms with Crippen LogP contribution in [0.15, 0.2) is 11.6 Å². The van der Waals surface area contributed by atoms with E-state index in [1.807, 2.05) is 6.92 Å². The van der Waals surface area contributed by atoms with Gasteiger partial charge in [0.15, 0.2) is 0 Å². The van der Waals surface area contributed by atoms with Crippen LogP contribution < -0.4 is 18.9 Å². The normalized spacial score (nSPS) is 14.1. The number of hydrogen-bond donors (Lipinski definition) is 0. The molecule has 0 N–H and O–H groups in total. The standard InChI is InChI=1S/C9H17.Li/c1-5-9(4)7-6-8(2)3;/h6,9H,2,5,7H2,1,3-4H3;/q-1;+1. The zero-order chi connectivity index (χ0) is 7.28. The predicted molar refractivity (Wildman–Crippen MR) is 43.2 cm³/mol. The van der Waals surface area contributed by atoms with Gasteiger partial charge in [0.25, 0.3) is 0 Å². The maximum absolute atomic E-state index is 3.81. The molecule has 10 heavy (non-hydrogen) atoms. The maximum Gasteiger partial charge on any atom is 1.00 e. The number of allylic oxidation sites excluding steroid dienone is 2. The molecule has 1 heteroatoms. The molecule has 0 spiro atoms. The summed E-state index contributed by atoms with van der Waals surface area (Å²) in [6.07, 6.45) is 4.66. The van der Waals surface area contributed by atoms with Crippen LogP contribution in [0.4, 0.5) is 0 Å². The second-order valence-corrected chi connectivity index (χ2v) is 2.80. The molecule has 0 aliphatic rings. The average Bonchev–Trinajstić information content (AvgIpc) is 1.83. The van der Waals surface area contributed by atoms with Gasteiger partial charge < -0.3 is 0 Å². The fourth-order valence-corrected chi connectivity index (χ4v) is 0.569. The first-order chi connectivity index (χ1) is 4.16. The van der Waals surface area contributed by atoms with Crippen molar-refractivity contribution in [3.8, 4) is 0 Å². The van der Waals surface area contributed by atoms with E-state index in [0.717, 1.165) is 5.92 Å². The van der Waals surface area contributed by atoms with E-state index >= 15 is 0 Å². The summed E-state index contributed by atoms with van der Waals surface area (Å²) in [6, 6.07) is 0. The predicted octanol–water partition coefficient (Wildman–Crippen LogP) is 0.207. The van der Waals surface area contributed by atoms with E-state index < -0.39 is 0 Å². The van der Waals surface area contributed by atoms with Gasteiger partial charge in [-0.25, -0.2) is 18.6 Å². The van der Waals surface area contributed by atoms with Crippen LogP contribution in [-0.2, 0) is 0 Å². The summed E-state index contributed by atoms with van der Waals surface area (Å²) in [7, 11) is 0. The molecule has 0 amide bonds. The molecule has 0 radical (unpaired) electrons. The molecule has 54 valence electrons. The van der Waals surface area contributed by atoms with Gasteiger partial charge in [-0.2, -0.15) is 0 Å². The Morgan fingerprint density at radius 1 is 1.60 bits per heavy atom. The summed E-state index contributed by atoms with van der Waals surface area (Å²) in [6.45, 7) is 10.3. The van der Waals surface area contributed by atoms with Crippen LogP contribution >= 0.6 is 0 Å². The molecule has 1 atom stereocenters. The summed E-state index contributed by atoms with van der Waals surface area (Å²) in [5.41, 5.74) is 1.19. The Labute approximate surface area is 77.3 Å². The van der Waals surface area contributed by atoms with E-state index in [1.54, 1.807) is 0 Å². The Bertz CT molecular complexity index is 90.9. The summed E-state index contributed by atoms with van der Waals surface area (Å²) in [4.78, 5) is 0. The Balaban J connectivity index is 0. The van der Waals surface area contributed by atoms with E-state index in [9.17, 15) is 0 Å². The second-order valence-electron chi connectivity index (χ2n) is 2.80. The van der Waals surface area contributed by atoms with Crippen LogP contribution in [0.3, 0.4) is 0 Å². The van der Waals surface area contributed by atoms with E-state index in [0.29, 0.717) is 0 Å². The van der Waals surface area contributed by atoms with Crippen LogP contribution in [0.5, 0.6) is 0 Å². The van der Waals surface area contributed by atoms with Gasteiger partial charge in [-0.05, 0) is 0 Å². The molecule has 0 rings (SSSR count). The molecular weight excluding hydrogens is 115 g/mol. The Kier molecular flexibility index (Phi) is 9.40. The third-order valence-corrected chi connectivity index (χ3v) is 1.57. The number of hydrogen-bond acceptors (Lipinski definition) is 0. The summed E-state index contributed by atoms with van der Waals surface area (Å²) >= 11 is 0. The van der Waals surface area contributed by atoms with Crippen molar-refractivity contribution in [3.05, 3.63) is 18.6 Å². The molecule has 0 nitrogen and oxygen atoms in total. The van der Waals surface area contributed by atoms with Crippen LogP contribution in [0.1, 0.15) is 33.6 Å². The van der Waals surface area contributed by atoms with E-state index in [1.165, 1.54) is 18.4 Å². The first kappa shape index (κ1) is 12.8. The average molecular weight is 132 g/mol. The smallest absolute Gasteiger partial charge is 0.242 e. The third-order valence-electron chi connectivity index (χ3n) is 1.57. The Hall–Kier alpha value is 0.207. The molecule has 0 heterocycles. The van der Waals surface area contributed by atoms with Crippen molar-refractivity contribution in [2.45, 2.75) is 33.6 Å². The monoisotopic (exact) mass is 132 g/mol. The summed E-state index contributed by atoms with van der Waals surface area (Å²) < 4.78 is 0. The molecule has 0 fully saturated rings. The van der Waals surface area contributed by atoms with Gasteiger partial charge in [-0.3, -0.25) is 0 Å². The fourth-order valence-electron chi connectivity index (χ4n) is 0.569. The molecule has 0 saturated heterocycles. The quantitative estimate of drug-likeness (QED) is 0.380.